The van der Waals surface area contributed by atoms with E-state index in [1.807, 2.05) is 10.9 Å². The summed E-state index contributed by atoms with van der Waals surface area (Å²) >= 11 is 0. The molecule has 1 amide bonds. The third kappa shape index (κ3) is 4.09. The second kappa shape index (κ2) is 6.42. The van der Waals surface area contributed by atoms with Crippen LogP contribution < -0.4 is 5.32 Å². The fraction of sp³-hybridized carbons (Fsp3) is 0.750. The molecule has 4 nitrogen and oxygen atoms in total. The minimum absolute atomic E-state index is 0.140. The van der Waals surface area contributed by atoms with E-state index in [9.17, 15) is 4.79 Å². The van der Waals surface area contributed by atoms with Gasteiger partial charge in [-0.3, -0.25) is 9.48 Å². The number of nitrogens with zero attached hydrogens (tertiary/aromatic N) is 2. The summed E-state index contributed by atoms with van der Waals surface area (Å²) in [7, 11) is 0. The predicted molar refractivity (Wildman–Crippen MR) is 79.4 cm³/mol. The van der Waals surface area contributed by atoms with Crippen LogP contribution in [0.3, 0.4) is 0 Å². The summed E-state index contributed by atoms with van der Waals surface area (Å²) in [4.78, 5) is 12.0. The van der Waals surface area contributed by atoms with E-state index >= 15 is 0 Å². The molecule has 0 atom stereocenters. The van der Waals surface area contributed by atoms with E-state index in [0.717, 1.165) is 30.5 Å². The van der Waals surface area contributed by atoms with Gasteiger partial charge in [0.1, 0.15) is 0 Å². The number of hydrogen-bond acceptors (Lipinski definition) is 2. The van der Waals surface area contributed by atoms with Crippen molar-refractivity contribution in [3.63, 3.8) is 0 Å². The SMILES string of the molecule is O=C(CCC1CCCCC1)Nc1cnn(CC2CC2)c1. The highest BCUT2D eigenvalue weighted by atomic mass is 16.1. The van der Waals surface area contributed by atoms with Crippen LogP contribution in [0.4, 0.5) is 5.69 Å². The first-order valence-corrected chi connectivity index (χ1v) is 8.12. The van der Waals surface area contributed by atoms with Crippen molar-refractivity contribution in [3.05, 3.63) is 12.4 Å². The average molecular weight is 275 g/mol. The Morgan fingerprint density at radius 1 is 1.20 bits per heavy atom. The Balaban J connectivity index is 1.39. The normalized spacial score (nSPS) is 20.0. The van der Waals surface area contributed by atoms with Crippen molar-refractivity contribution in [3.8, 4) is 0 Å². The minimum atomic E-state index is 0.140. The lowest BCUT2D eigenvalue weighted by Gasteiger charge is -2.20. The summed E-state index contributed by atoms with van der Waals surface area (Å²) < 4.78 is 1.95. The van der Waals surface area contributed by atoms with Crippen LogP contribution in [0.15, 0.2) is 12.4 Å². The van der Waals surface area contributed by atoms with Gasteiger partial charge in [0.15, 0.2) is 0 Å². The molecule has 3 rings (SSSR count). The molecule has 0 saturated heterocycles. The van der Waals surface area contributed by atoms with Gasteiger partial charge in [-0.15, -0.1) is 0 Å². The van der Waals surface area contributed by atoms with Crippen LogP contribution in [0, 0.1) is 11.8 Å². The van der Waals surface area contributed by atoms with Crippen LogP contribution in [0.1, 0.15) is 57.8 Å². The van der Waals surface area contributed by atoms with Crippen LogP contribution in [0.2, 0.25) is 0 Å². The van der Waals surface area contributed by atoms with Gasteiger partial charge < -0.3 is 5.32 Å². The lowest BCUT2D eigenvalue weighted by Crippen LogP contribution is -2.14. The van der Waals surface area contributed by atoms with Crippen molar-refractivity contribution < 1.29 is 4.79 Å². The van der Waals surface area contributed by atoms with Gasteiger partial charge in [-0.2, -0.15) is 5.10 Å². The minimum Gasteiger partial charge on any atom is -0.323 e. The molecule has 0 bridgehead atoms. The number of amides is 1. The molecular formula is C16H25N3O. The maximum Gasteiger partial charge on any atom is 0.224 e. The zero-order valence-corrected chi connectivity index (χ0v) is 12.2. The highest BCUT2D eigenvalue weighted by Crippen LogP contribution is 2.30. The Kier molecular flexibility index (Phi) is 4.38. The standard InChI is InChI=1S/C16H25N3O/c20-16(9-8-13-4-2-1-3-5-13)18-15-10-17-19(12-15)11-14-6-7-14/h10,12-14H,1-9,11H2,(H,18,20). The topological polar surface area (TPSA) is 46.9 Å². The number of aromatic nitrogens is 2. The molecule has 2 aliphatic carbocycles. The number of carbonyl (C=O) groups excluding carboxylic acids is 1. The molecule has 4 heteroatoms. The van der Waals surface area contributed by atoms with Crippen molar-refractivity contribution in [2.75, 3.05) is 5.32 Å². The molecule has 0 radical (unpaired) electrons. The zero-order valence-electron chi connectivity index (χ0n) is 12.2. The summed E-state index contributed by atoms with van der Waals surface area (Å²) in [6.45, 7) is 0.998. The first-order chi connectivity index (χ1) is 9.79. The van der Waals surface area contributed by atoms with E-state index in [2.05, 4.69) is 10.4 Å². The Morgan fingerprint density at radius 3 is 2.75 bits per heavy atom. The third-order valence-electron chi connectivity index (χ3n) is 4.56. The average Bonchev–Trinajstić information content (AvgIpc) is 3.17. The Hall–Kier alpha value is -1.32. The first-order valence-electron chi connectivity index (χ1n) is 8.12. The summed E-state index contributed by atoms with van der Waals surface area (Å²) in [6.07, 6.45) is 14.8. The van der Waals surface area contributed by atoms with E-state index in [1.165, 1.54) is 44.9 Å². The highest BCUT2D eigenvalue weighted by Gasteiger charge is 2.22. The smallest absolute Gasteiger partial charge is 0.224 e. The number of rotatable bonds is 6. The summed E-state index contributed by atoms with van der Waals surface area (Å²) in [6, 6.07) is 0. The molecule has 0 aliphatic heterocycles. The molecule has 1 aromatic heterocycles. The fourth-order valence-corrected chi connectivity index (χ4v) is 3.13. The van der Waals surface area contributed by atoms with Crippen LogP contribution in [0.5, 0.6) is 0 Å². The lowest BCUT2D eigenvalue weighted by molar-refractivity contribution is -0.116. The predicted octanol–water partition coefficient (Wildman–Crippen LogP) is 3.59. The molecule has 2 fully saturated rings. The van der Waals surface area contributed by atoms with Crippen molar-refractivity contribution in [2.24, 2.45) is 11.8 Å². The highest BCUT2D eigenvalue weighted by molar-refractivity contribution is 5.90. The van der Waals surface area contributed by atoms with Gasteiger partial charge in [-0.1, -0.05) is 32.1 Å². The van der Waals surface area contributed by atoms with Crippen LogP contribution in [0.25, 0.3) is 0 Å². The molecule has 1 heterocycles. The Labute approximate surface area is 120 Å². The fourth-order valence-electron chi connectivity index (χ4n) is 3.13. The van der Waals surface area contributed by atoms with Gasteiger partial charge in [0.05, 0.1) is 11.9 Å². The van der Waals surface area contributed by atoms with Gasteiger partial charge in [-0.05, 0) is 31.1 Å². The summed E-state index contributed by atoms with van der Waals surface area (Å²) in [5.41, 5.74) is 0.847. The van der Waals surface area contributed by atoms with Gasteiger partial charge in [0.2, 0.25) is 5.91 Å². The van der Waals surface area contributed by atoms with E-state index in [4.69, 9.17) is 0 Å². The van der Waals surface area contributed by atoms with Crippen molar-refractivity contribution in [2.45, 2.75) is 64.3 Å². The van der Waals surface area contributed by atoms with Gasteiger partial charge in [0.25, 0.3) is 0 Å². The maximum atomic E-state index is 12.0. The van der Waals surface area contributed by atoms with Crippen LogP contribution in [-0.2, 0) is 11.3 Å². The monoisotopic (exact) mass is 275 g/mol. The first kappa shape index (κ1) is 13.7. The molecule has 2 aliphatic rings. The Morgan fingerprint density at radius 2 is 2.00 bits per heavy atom. The van der Waals surface area contributed by atoms with Crippen molar-refractivity contribution in [1.29, 1.82) is 0 Å². The summed E-state index contributed by atoms with van der Waals surface area (Å²) in [5, 5.41) is 7.27. The second-order valence-corrected chi connectivity index (χ2v) is 6.49. The van der Waals surface area contributed by atoms with E-state index in [1.54, 1.807) is 6.20 Å². The molecule has 1 N–H and O–H groups in total. The maximum absolute atomic E-state index is 12.0. The van der Waals surface area contributed by atoms with Gasteiger partial charge in [-0.25, -0.2) is 0 Å². The molecule has 20 heavy (non-hydrogen) atoms. The lowest BCUT2D eigenvalue weighted by atomic mass is 9.86. The van der Waals surface area contributed by atoms with Crippen LogP contribution in [-0.4, -0.2) is 15.7 Å². The van der Waals surface area contributed by atoms with E-state index in [-0.39, 0.29) is 5.91 Å². The van der Waals surface area contributed by atoms with Crippen LogP contribution >= 0.6 is 0 Å². The quantitative estimate of drug-likeness (QED) is 0.862. The van der Waals surface area contributed by atoms with E-state index in [0.29, 0.717) is 6.42 Å². The molecule has 0 spiro atoms. The molecule has 0 aromatic carbocycles. The third-order valence-corrected chi connectivity index (χ3v) is 4.56. The number of hydrogen-bond donors (Lipinski definition) is 1. The number of nitrogens with one attached hydrogen (secondary N) is 1. The molecule has 2 saturated carbocycles. The largest absolute Gasteiger partial charge is 0.323 e. The van der Waals surface area contributed by atoms with Crippen molar-refractivity contribution in [1.82, 2.24) is 9.78 Å². The molecule has 0 unspecified atom stereocenters. The molecule has 1 aromatic rings. The summed E-state index contributed by atoms with van der Waals surface area (Å²) in [5.74, 6) is 1.72. The van der Waals surface area contributed by atoms with Crippen molar-refractivity contribution >= 4 is 11.6 Å². The zero-order chi connectivity index (χ0) is 13.8. The molecular weight excluding hydrogens is 250 g/mol. The molecule has 110 valence electrons. The number of anilines is 1. The Bertz CT molecular complexity index is 444. The van der Waals surface area contributed by atoms with Gasteiger partial charge in [0, 0.05) is 19.2 Å². The van der Waals surface area contributed by atoms with E-state index < -0.39 is 0 Å². The number of carbonyl (C=O) groups is 1. The van der Waals surface area contributed by atoms with Gasteiger partial charge >= 0.3 is 0 Å². The second-order valence-electron chi connectivity index (χ2n) is 6.49.